The summed E-state index contributed by atoms with van der Waals surface area (Å²) in [6.45, 7) is 0. The largest absolute Gasteiger partial charge is 0.456 e. The van der Waals surface area contributed by atoms with Crippen LogP contribution in [0.2, 0.25) is 0 Å². The topological polar surface area (TPSA) is 30.2 Å². The van der Waals surface area contributed by atoms with Crippen molar-refractivity contribution >= 4 is 39.3 Å². The summed E-state index contributed by atoms with van der Waals surface area (Å²) in [5.41, 5.74) is 2.34. The van der Waals surface area contributed by atoms with Gasteiger partial charge in [0.15, 0.2) is 5.78 Å². The SMILES string of the molecule is O=C(CCCl)c1ccc2oc3ccccc3c2c1. The van der Waals surface area contributed by atoms with Gasteiger partial charge in [-0.2, -0.15) is 0 Å². The van der Waals surface area contributed by atoms with Crippen LogP contribution in [-0.2, 0) is 0 Å². The van der Waals surface area contributed by atoms with Crippen molar-refractivity contribution in [3.05, 3.63) is 48.0 Å². The summed E-state index contributed by atoms with van der Waals surface area (Å²) < 4.78 is 5.71. The van der Waals surface area contributed by atoms with Gasteiger partial charge in [-0.15, -0.1) is 11.6 Å². The van der Waals surface area contributed by atoms with E-state index in [4.69, 9.17) is 16.0 Å². The van der Waals surface area contributed by atoms with E-state index in [1.807, 2.05) is 36.4 Å². The molecule has 0 spiro atoms. The highest BCUT2D eigenvalue weighted by Crippen LogP contribution is 2.29. The van der Waals surface area contributed by atoms with Gasteiger partial charge in [-0.3, -0.25) is 4.79 Å². The lowest BCUT2D eigenvalue weighted by molar-refractivity contribution is 0.0989. The molecule has 1 aromatic heterocycles. The maximum absolute atomic E-state index is 11.8. The number of Topliss-reactive ketones (excluding diaryl/α,β-unsaturated/α-hetero) is 1. The van der Waals surface area contributed by atoms with E-state index in [-0.39, 0.29) is 5.78 Å². The molecule has 3 heteroatoms. The summed E-state index contributed by atoms with van der Waals surface area (Å²) in [5.74, 6) is 0.417. The van der Waals surface area contributed by atoms with Gasteiger partial charge in [0.05, 0.1) is 0 Å². The van der Waals surface area contributed by atoms with Gasteiger partial charge in [0, 0.05) is 28.6 Å². The number of furan rings is 1. The number of rotatable bonds is 3. The first-order chi connectivity index (χ1) is 8.79. The normalized spacial score (nSPS) is 11.2. The number of hydrogen-bond donors (Lipinski definition) is 0. The van der Waals surface area contributed by atoms with E-state index in [2.05, 4.69) is 0 Å². The second-order valence-electron chi connectivity index (χ2n) is 4.17. The molecule has 0 unspecified atom stereocenters. The van der Waals surface area contributed by atoms with E-state index in [1.54, 1.807) is 6.07 Å². The minimum Gasteiger partial charge on any atom is -0.456 e. The van der Waals surface area contributed by atoms with E-state index >= 15 is 0 Å². The fourth-order valence-corrected chi connectivity index (χ4v) is 2.30. The molecule has 0 radical (unpaired) electrons. The molecule has 0 fully saturated rings. The lowest BCUT2D eigenvalue weighted by atomic mass is 10.1. The zero-order valence-electron chi connectivity index (χ0n) is 9.65. The first-order valence-electron chi connectivity index (χ1n) is 5.80. The highest BCUT2D eigenvalue weighted by atomic mass is 35.5. The minimum atomic E-state index is 0.0668. The van der Waals surface area contributed by atoms with Gasteiger partial charge in [-0.1, -0.05) is 18.2 Å². The third kappa shape index (κ3) is 1.79. The van der Waals surface area contributed by atoms with Crippen LogP contribution in [-0.4, -0.2) is 11.7 Å². The zero-order valence-corrected chi connectivity index (χ0v) is 10.4. The minimum absolute atomic E-state index is 0.0668. The molecule has 0 saturated heterocycles. The van der Waals surface area contributed by atoms with Crippen molar-refractivity contribution in [3.63, 3.8) is 0 Å². The quantitative estimate of drug-likeness (QED) is 0.515. The van der Waals surface area contributed by atoms with Crippen molar-refractivity contribution in [2.75, 3.05) is 5.88 Å². The number of carbonyl (C=O) groups excluding carboxylic acids is 1. The van der Waals surface area contributed by atoms with Crippen LogP contribution in [0, 0.1) is 0 Å². The molecule has 18 heavy (non-hydrogen) atoms. The summed E-state index contributed by atoms with van der Waals surface area (Å²) >= 11 is 5.60. The standard InChI is InChI=1S/C15H11ClO2/c16-8-7-13(17)10-5-6-15-12(9-10)11-3-1-2-4-14(11)18-15/h1-6,9H,7-8H2. The van der Waals surface area contributed by atoms with Crippen molar-refractivity contribution in [1.82, 2.24) is 0 Å². The van der Waals surface area contributed by atoms with Crippen LogP contribution in [0.3, 0.4) is 0 Å². The molecule has 0 aliphatic carbocycles. The molecule has 0 saturated carbocycles. The third-order valence-electron chi connectivity index (χ3n) is 3.02. The van der Waals surface area contributed by atoms with E-state index < -0.39 is 0 Å². The Morgan fingerprint density at radius 3 is 2.67 bits per heavy atom. The fraction of sp³-hybridized carbons (Fsp3) is 0.133. The molecular formula is C15H11ClO2. The number of ketones is 1. The van der Waals surface area contributed by atoms with Crippen molar-refractivity contribution in [2.24, 2.45) is 0 Å². The van der Waals surface area contributed by atoms with Crippen LogP contribution >= 0.6 is 11.6 Å². The van der Waals surface area contributed by atoms with E-state index in [9.17, 15) is 4.79 Å². The van der Waals surface area contributed by atoms with Gasteiger partial charge < -0.3 is 4.42 Å². The highest BCUT2D eigenvalue weighted by Gasteiger charge is 2.10. The summed E-state index contributed by atoms with van der Waals surface area (Å²) in [5, 5.41) is 2.01. The summed E-state index contributed by atoms with van der Waals surface area (Å²) in [6, 6.07) is 13.3. The Morgan fingerprint density at radius 2 is 1.83 bits per heavy atom. The Labute approximate surface area is 109 Å². The maximum atomic E-state index is 11.8. The van der Waals surface area contributed by atoms with Crippen molar-refractivity contribution in [2.45, 2.75) is 6.42 Å². The maximum Gasteiger partial charge on any atom is 0.164 e. The van der Waals surface area contributed by atoms with E-state index in [1.165, 1.54) is 0 Å². The first kappa shape index (κ1) is 11.3. The van der Waals surface area contributed by atoms with Crippen LogP contribution in [0.1, 0.15) is 16.8 Å². The molecule has 3 aromatic rings. The van der Waals surface area contributed by atoms with Crippen molar-refractivity contribution < 1.29 is 9.21 Å². The molecule has 2 aromatic carbocycles. The van der Waals surface area contributed by atoms with Gasteiger partial charge in [-0.05, 0) is 24.3 Å². The van der Waals surface area contributed by atoms with Crippen LogP contribution in [0.4, 0.5) is 0 Å². The zero-order chi connectivity index (χ0) is 12.5. The molecular weight excluding hydrogens is 248 g/mol. The van der Waals surface area contributed by atoms with E-state index in [0.29, 0.717) is 17.9 Å². The van der Waals surface area contributed by atoms with Crippen LogP contribution in [0.5, 0.6) is 0 Å². The van der Waals surface area contributed by atoms with Gasteiger partial charge in [0.1, 0.15) is 11.2 Å². The van der Waals surface area contributed by atoms with Gasteiger partial charge >= 0.3 is 0 Å². The fourth-order valence-electron chi connectivity index (χ4n) is 2.13. The summed E-state index contributed by atoms with van der Waals surface area (Å²) in [6.07, 6.45) is 0.364. The number of alkyl halides is 1. The molecule has 1 heterocycles. The molecule has 90 valence electrons. The van der Waals surface area contributed by atoms with Gasteiger partial charge in [0.25, 0.3) is 0 Å². The Balaban J connectivity index is 2.21. The monoisotopic (exact) mass is 258 g/mol. The van der Waals surface area contributed by atoms with Crippen LogP contribution in [0.25, 0.3) is 21.9 Å². The number of hydrogen-bond acceptors (Lipinski definition) is 2. The second-order valence-corrected chi connectivity index (χ2v) is 4.55. The molecule has 0 bridgehead atoms. The molecule has 0 atom stereocenters. The molecule has 0 aliphatic heterocycles. The number of benzene rings is 2. The molecule has 0 N–H and O–H groups in total. The predicted octanol–water partition coefficient (Wildman–Crippen LogP) is 4.40. The third-order valence-corrected chi connectivity index (χ3v) is 3.21. The average Bonchev–Trinajstić information content (AvgIpc) is 2.76. The number of fused-ring (bicyclic) bond motifs is 3. The lowest BCUT2D eigenvalue weighted by Gasteiger charge is -1.98. The Kier molecular flexibility index (Phi) is 2.80. The predicted molar refractivity (Wildman–Crippen MR) is 73.4 cm³/mol. The molecule has 2 nitrogen and oxygen atoms in total. The second kappa shape index (κ2) is 4.46. The first-order valence-corrected chi connectivity index (χ1v) is 6.33. The Hall–Kier alpha value is -1.80. The number of para-hydroxylation sites is 1. The summed E-state index contributed by atoms with van der Waals surface area (Å²) in [4.78, 5) is 11.8. The molecule has 0 amide bonds. The molecule has 3 rings (SSSR count). The van der Waals surface area contributed by atoms with E-state index in [0.717, 1.165) is 21.9 Å². The number of carbonyl (C=O) groups is 1. The van der Waals surface area contributed by atoms with Crippen molar-refractivity contribution in [3.8, 4) is 0 Å². The molecule has 0 aliphatic rings. The van der Waals surface area contributed by atoms with Crippen molar-refractivity contribution in [1.29, 1.82) is 0 Å². The highest BCUT2D eigenvalue weighted by molar-refractivity contribution is 6.19. The smallest absolute Gasteiger partial charge is 0.164 e. The van der Waals surface area contributed by atoms with Gasteiger partial charge in [0.2, 0.25) is 0 Å². The van der Waals surface area contributed by atoms with Gasteiger partial charge in [-0.25, -0.2) is 0 Å². The van der Waals surface area contributed by atoms with Crippen LogP contribution in [0.15, 0.2) is 46.9 Å². The Bertz CT molecular complexity index is 728. The Morgan fingerprint density at radius 1 is 1.06 bits per heavy atom. The lowest BCUT2D eigenvalue weighted by Crippen LogP contribution is -1.98. The average molecular weight is 259 g/mol. The van der Waals surface area contributed by atoms with Crippen LogP contribution < -0.4 is 0 Å². The summed E-state index contributed by atoms with van der Waals surface area (Å²) in [7, 11) is 0. The number of halogens is 1.